The van der Waals surface area contributed by atoms with Gasteiger partial charge in [-0.25, -0.2) is 0 Å². The third kappa shape index (κ3) is 1.62. The maximum absolute atomic E-state index is 9.90. The fourth-order valence-electron chi connectivity index (χ4n) is 2.06. The fraction of sp³-hybridized carbons (Fsp3) is 0.600. The number of nitrogens with two attached hydrogens (primary N) is 1. The third-order valence-electron chi connectivity index (χ3n) is 2.91. The number of hydrogen-bond donors (Lipinski definition) is 2. The number of furan rings is 1. The zero-order chi connectivity index (χ0) is 9.31. The second-order valence-electron chi connectivity index (χ2n) is 3.88. The van der Waals surface area contributed by atoms with Crippen LogP contribution in [0.25, 0.3) is 0 Å². The van der Waals surface area contributed by atoms with Gasteiger partial charge in [0.15, 0.2) is 0 Å². The molecule has 0 bridgehead atoms. The Kier molecular flexibility index (Phi) is 2.14. The van der Waals surface area contributed by atoms with E-state index >= 15 is 0 Å². The molecule has 0 saturated heterocycles. The van der Waals surface area contributed by atoms with E-state index in [1.807, 2.05) is 12.1 Å². The monoisotopic (exact) mass is 181 g/mol. The first-order valence-electron chi connectivity index (χ1n) is 4.69. The van der Waals surface area contributed by atoms with Crippen LogP contribution in [0.3, 0.4) is 0 Å². The summed E-state index contributed by atoms with van der Waals surface area (Å²) in [4.78, 5) is 0. The lowest BCUT2D eigenvalue weighted by molar-refractivity contribution is 0.0548. The molecule has 3 nitrogen and oxygen atoms in total. The standard InChI is InChI=1S/C10H15NO2/c11-7-10(12)4-3-8(6-10)9-2-1-5-13-9/h1-2,5,8,12H,3-4,6-7,11H2. The van der Waals surface area contributed by atoms with Gasteiger partial charge in [-0.15, -0.1) is 0 Å². The van der Waals surface area contributed by atoms with Gasteiger partial charge in [0.1, 0.15) is 5.76 Å². The zero-order valence-electron chi connectivity index (χ0n) is 7.57. The van der Waals surface area contributed by atoms with E-state index < -0.39 is 5.60 Å². The molecule has 1 aromatic rings. The van der Waals surface area contributed by atoms with Crippen LogP contribution < -0.4 is 5.73 Å². The van der Waals surface area contributed by atoms with Crippen LogP contribution in [0.2, 0.25) is 0 Å². The van der Waals surface area contributed by atoms with Crippen molar-refractivity contribution in [1.82, 2.24) is 0 Å². The van der Waals surface area contributed by atoms with Crippen LogP contribution >= 0.6 is 0 Å². The van der Waals surface area contributed by atoms with Gasteiger partial charge < -0.3 is 15.3 Å². The third-order valence-corrected chi connectivity index (χ3v) is 2.91. The minimum absolute atomic E-state index is 0.351. The molecule has 2 atom stereocenters. The van der Waals surface area contributed by atoms with E-state index in [9.17, 15) is 5.11 Å². The molecule has 2 unspecified atom stereocenters. The van der Waals surface area contributed by atoms with Gasteiger partial charge in [0, 0.05) is 12.5 Å². The Balaban J connectivity index is 2.07. The summed E-state index contributed by atoms with van der Waals surface area (Å²) in [6, 6.07) is 3.85. The molecule has 0 radical (unpaired) electrons. The van der Waals surface area contributed by atoms with E-state index in [4.69, 9.17) is 10.2 Å². The molecule has 1 heterocycles. The summed E-state index contributed by atoms with van der Waals surface area (Å²) in [6.45, 7) is 0.351. The van der Waals surface area contributed by atoms with Gasteiger partial charge in [-0.2, -0.15) is 0 Å². The predicted molar refractivity (Wildman–Crippen MR) is 49.3 cm³/mol. The molecule has 13 heavy (non-hydrogen) atoms. The van der Waals surface area contributed by atoms with Gasteiger partial charge in [-0.05, 0) is 31.4 Å². The molecular formula is C10H15NO2. The van der Waals surface area contributed by atoms with Crippen molar-refractivity contribution in [3.05, 3.63) is 24.2 Å². The maximum Gasteiger partial charge on any atom is 0.106 e. The fourth-order valence-corrected chi connectivity index (χ4v) is 2.06. The normalized spacial score (nSPS) is 33.8. The molecule has 2 rings (SSSR count). The summed E-state index contributed by atoms with van der Waals surface area (Å²) in [6.07, 6.45) is 4.17. The molecular weight excluding hydrogens is 166 g/mol. The molecule has 0 aromatic carbocycles. The zero-order valence-corrected chi connectivity index (χ0v) is 7.57. The molecule has 1 aromatic heterocycles. The number of rotatable bonds is 2. The Labute approximate surface area is 77.5 Å². The maximum atomic E-state index is 9.90. The molecule has 1 saturated carbocycles. The average Bonchev–Trinajstić information content (AvgIpc) is 2.73. The molecule has 0 amide bonds. The van der Waals surface area contributed by atoms with E-state index in [0.29, 0.717) is 12.5 Å². The smallest absolute Gasteiger partial charge is 0.106 e. The van der Waals surface area contributed by atoms with Crippen molar-refractivity contribution in [2.75, 3.05) is 6.54 Å². The number of aliphatic hydroxyl groups is 1. The summed E-state index contributed by atoms with van der Waals surface area (Å²) in [5.74, 6) is 1.33. The highest BCUT2D eigenvalue weighted by Gasteiger charge is 2.37. The van der Waals surface area contributed by atoms with Crippen LogP contribution in [0.1, 0.15) is 30.9 Å². The lowest BCUT2D eigenvalue weighted by atomic mass is 9.99. The molecule has 1 aliphatic rings. The first kappa shape index (κ1) is 8.78. The first-order chi connectivity index (χ1) is 6.23. The van der Waals surface area contributed by atoms with E-state index in [-0.39, 0.29) is 0 Å². The van der Waals surface area contributed by atoms with Crippen LogP contribution in [0.4, 0.5) is 0 Å². The van der Waals surface area contributed by atoms with Crippen molar-refractivity contribution in [3.8, 4) is 0 Å². The van der Waals surface area contributed by atoms with E-state index in [0.717, 1.165) is 25.0 Å². The molecule has 3 N–H and O–H groups in total. The second-order valence-corrected chi connectivity index (χ2v) is 3.88. The minimum Gasteiger partial charge on any atom is -0.469 e. The molecule has 0 aliphatic heterocycles. The van der Waals surface area contributed by atoms with Gasteiger partial charge in [-0.3, -0.25) is 0 Å². The Morgan fingerprint density at radius 1 is 1.69 bits per heavy atom. The molecule has 72 valence electrons. The first-order valence-corrected chi connectivity index (χ1v) is 4.69. The van der Waals surface area contributed by atoms with Gasteiger partial charge >= 0.3 is 0 Å². The SMILES string of the molecule is NCC1(O)CCC(c2ccco2)C1. The van der Waals surface area contributed by atoms with Crippen molar-refractivity contribution >= 4 is 0 Å². The molecule has 0 spiro atoms. The Morgan fingerprint density at radius 3 is 3.08 bits per heavy atom. The lowest BCUT2D eigenvalue weighted by Gasteiger charge is -2.19. The highest BCUT2D eigenvalue weighted by Crippen LogP contribution is 2.40. The van der Waals surface area contributed by atoms with E-state index in [1.54, 1.807) is 6.26 Å². The van der Waals surface area contributed by atoms with Crippen molar-refractivity contribution in [1.29, 1.82) is 0 Å². The van der Waals surface area contributed by atoms with Gasteiger partial charge in [0.25, 0.3) is 0 Å². The summed E-state index contributed by atoms with van der Waals surface area (Å²) < 4.78 is 5.30. The summed E-state index contributed by atoms with van der Waals surface area (Å²) >= 11 is 0. The van der Waals surface area contributed by atoms with Crippen LogP contribution in [0, 0.1) is 0 Å². The van der Waals surface area contributed by atoms with Crippen LogP contribution in [-0.4, -0.2) is 17.3 Å². The summed E-state index contributed by atoms with van der Waals surface area (Å²) in [7, 11) is 0. The Bertz CT molecular complexity index is 270. The van der Waals surface area contributed by atoms with Crippen molar-refractivity contribution in [2.45, 2.75) is 30.8 Å². The largest absolute Gasteiger partial charge is 0.469 e. The topological polar surface area (TPSA) is 59.4 Å². The second kappa shape index (κ2) is 3.16. The highest BCUT2D eigenvalue weighted by atomic mass is 16.3. The Hall–Kier alpha value is -0.800. The summed E-state index contributed by atoms with van der Waals surface area (Å²) in [5, 5.41) is 9.90. The highest BCUT2D eigenvalue weighted by molar-refractivity contribution is 5.10. The van der Waals surface area contributed by atoms with Gasteiger partial charge in [-0.1, -0.05) is 0 Å². The number of hydrogen-bond acceptors (Lipinski definition) is 3. The van der Waals surface area contributed by atoms with E-state index in [2.05, 4.69) is 0 Å². The van der Waals surface area contributed by atoms with Crippen molar-refractivity contribution < 1.29 is 9.52 Å². The lowest BCUT2D eigenvalue weighted by Crippen LogP contribution is -2.34. The van der Waals surface area contributed by atoms with Gasteiger partial charge in [0.05, 0.1) is 11.9 Å². The molecule has 3 heteroatoms. The van der Waals surface area contributed by atoms with Crippen molar-refractivity contribution in [2.24, 2.45) is 5.73 Å². The molecule has 1 fully saturated rings. The Morgan fingerprint density at radius 2 is 2.54 bits per heavy atom. The minimum atomic E-state index is -0.655. The quantitative estimate of drug-likeness (QED) is 0.721. The van der Waals surface area contributed by atoms with Crippen molar-refractivity contribution in [3.63, 3.8) is 0 Å². The van der Waals surface area contributed by atoms with Crippen LogP contribution in [0.15, 0.2) is 22.8 Å². The molecule has 1 aliphatic carbocycles. The van der Waals surface area contributed by atoms with Gasteiger partial charge in [0.2, 0.25) is 0 Å². The predicted octanol–water partition coefficient (Wildman–Crippen LogP) is 1.24. The summed E-state index contributed by atoms with van der Waals surface area (Å²) in [5.41, 5.74) is 4.85. The average molecular weight is 181 g/mol. The van der Waals surface area contributed by atoms with Crippen LogP contribution in [0.5, 0.6) is 0 Å². The van der Waals surface area contributed by atoms with Crippen LogP contribution in [-0.2, 0) is 0 Å². The van der Waals surface area contributed by atoms with E-state index in [1.165, 1.54) is 0 Å².